The van der Waals surface area contributed by atoms with E-state index in [1.165, 1.54) is 0 Å². The van der Waals surface area contributed by atoms with E-state index in [0.717, 1.165) is 18.6 Å². The van der Waals surface area contributed by atoms with Crippen molar-refractivity contribution in [3.63, 3.8) is 0 Å². The summed E-state index contributed by atoms with van der Waals surface area (Å²) in [5, 5.41) is 18.2. The summed E-state index contributed by atoms with van der Waals surface area (Å²) < 4.78 is 38.0. The molecule has 4 nitrogen and oxygen atoms in total. The second-order valence-electron chi connectivity index (χ2n) is 4.35. The van der Waals surface area contributed by atoms with Crippen LogP contribution < -0.4 is 4.90 Å². The number of aromatic nitrogens is 1. The van der Waals surface area contributed by atoms with Crippen LogP contribution in [-0.4, -0.2) is 29.3 Å². The highest BCUT2D eigenvalue weighted by molar-refractivity contribution is 5.56. The molecular formula is C12H12F3N3O. The van der Waals surface area contributed by atoms with Gasteiger partial charge in [0.2, 0.25) is 0 Å². The first-order valence-electron chi connectivity index (χ1n) is 5.83. The van der Waals surface area contributed by atoms with E-state index in [9.17, 15) is 18.3 Å². The summed E-state index contributed by atoms with van der Waals surface area (Å²) in [5.41, 5.74) is -0.932. The predicted molar refractivity (Wildman–Crippen MR) is 61.4 cm³/mol. The maximum Gasteiger partial charge on any atom is 0.433 e. The normalized spacial score (nSPS) is 19.5. The number of aliphatic hydroxyl groups is 1. The van der Waals surface area contributed by atoms with Crippen molar-refractivity contribution in [3.05, 3.63) is 23.4 Å². The van der Waals surface area contributed by atoms with Gasteiger partial charge in [0, 0.05) is 6.54 Å². The van der Waals surface area contributed by atoms with Gasteiger partial charge in [-0.15, -0.1) is 0 Å². The molecule has 1 atom stereocenters. The van der Waals surface area contributed by atoms with Gasteiger partial charge in [0.15, 0.2) is 0 Å². The molecule has 1 N–H and O–H groups in total. The van der Waals surface area contributed by atoms with Crippen molar-refractivity contribution in [1.29, 1.82) is 5.26 Å². The van der Waals surface area contributed by atoms with Crippen LogP contribution >= 0.6 is 0 Å². The molecule has 0 aliphatic carbocycles. The Morgan fingerprint density at radius 2 is 2.21 bits per heavy atom. The van der Waals surface area contributed by atoms with Crippen LogP contribution in [0.1, 0.15) is 24.1 Å². The standard InChI is InChI=1S/C12H12F3N3O/c13-12(14,15)10-4-3-8(6-16)11(17-10)18-5-1-2-9(18)7-19/h3-4,9,19H,1-2,5,7H2/t9-/m0/s1. The minimum atomic E-state index is -4.54. The molecule has 0 saturated carbocycles. The van der Waals surface area contributed by atoms with Gasteiger partial charge in [0.05, 0.1) is 18.2 Å². The summed E-state index contributed by atoms with van der Waals surface area (Å²) in [5.74, 6) is 0.00822. The monoisotopic (exact) mass is 271 g/mol. The SMILES string of the molecule is N#Cc1ccc(C(F)(F)F)nc1N1CCC[C@H]1CO. The number of nitrogens with zero attached hydrogens (tertiary/aromatic N) is 3. The molecule has 0 radical (unpaired) electrons. The molecular weight excluding hydrogens is 259 g/mol. The fourth-order valence-electron chi connectivity index (χ4n) is 2.22. The maximum atomic E-state index is 12.7. The Labute approximate surface area is 108 Å². The number of pyridine rings is 1. The molecule has 1 aromatic rings. The topological polar surface area (TPSA) is 60.2 Å². The van der Waals surface area contributed by atoms with Crippen molar-refractivity contribution in [1.82, 2.24) is 4.98 Å². The van der Waals surface area contributed by atoms with Crippen molar-refractivity contribution in [2.45, 2.75) is 25.1 Å². The number of anilines is 1. The number of hydrogen-bond donors (Lipinski definition) is 1. The van der Waals surface area contributed by atoms with Gasteiger partial charge in [-0.25, -0.2) is 4.98 Å². The molecule has 0 amide bonds. The zero-order chi connectivity index (χ0) is 14.0. The molecule has 0 aromatic carbocycles. The van der Waals surface area contributed by atoms with Gasteiger partial charge in [0.25, 0.3) is 0 Å². The third-order valence-corrected chi connectivity index (χ3v) is 3.15. The minimum Gasteiger partial charge on any atom is -0.394 e. The van der Waals surface area contributed by atoms with Gasteiger partial charge in [-0.05, 0) is 25.0 Å². The molecule has 2 heterocycles. The molecule has 1 fully saturated rings. The summed E-state index contributed by atoms with van der Waals surface area (Å²) >= 11 is 0. The van der Waals surface area contributed by atoms with E-state index >= 15 is 0 Å². The third-order valence-electron chi connectivity index (χ3n) is 3.15. The lowest BCUT2D eigenvalue weighted by atomic mass is 10.2. The summed E-state index contributed by atoms with van der Waals surface area (Å²) in [6, 6.07) is 3.49. The molecule has 0 spiro atoms. The molecule has 7 heteroatoms. The molecule has 19 heavy (non-hydrogen) atoms. The van der Waals surface area contributed by atoms with Crippen LogP contribution in [0.25, 0.3) is 0 Å². The van der Waals surface area contributed by atoms with Gasteiger partial charge in [-0.3, -0.25) is 0 Å². The molecule has 1 aliphatic heterocycles. The van der Waals surface area contributed by atoms with E-state index in [1.807, 2.05) is 6.07 Å². The first kappa shape index (κ1) is 13.6. The van der Waals surface area contributed by atoms with Crippen LogP contribution in [0.2, 0.25) is 0 Å². The fraction of sp³-hybridized carbons (Fsp3) is 0.500. The van der Waals surface area contributed by atoms with Crippen LogP contribution in [0.15, 0.2) is 12.1 Å². The molecule has 0 bridgehead atoms. The minimum absolute atomic E-state index is 0.00822. The number of alkyl halides is 3. The average molecular weight is 271 g/mol. The number of aliphatic hydroxyl groups excluding tert-OH is 1. The van der Waals surface area contributed by atoms with Crippen LogP contribution in [0, 0.1) is 11.3 Å². The van der Waals surface area contributed by atoms with Gasteiger partial charge >= 0.3 is 6.18 Å². The quantitative estimate of drug-likeness (QED) is 0.893. The fourth-order valence-corrected chi connectivity index (χ4v) is 2.22. The van der Waals surface area contributed by atoms with Gasteiger partial charge in [-0.2, -0.15) is 18.4 Å². The largest absolute Gasteiger partial charge is 0.433 e. The highest BCUT2D eigenvalue weighted by Crippen LogP contribution is 2.32. The smallest absolute Gasteiger partial charge is 0.394 e. The van der Waals surface area contributed by atoms with E-state index in [0.29, 0.717) is 13.0 Å². The van der Waals surface area contributed by atoms with E-state index < -0.39 is 11.9 Å². The summed E-state index contributed by atoms with van der Waals surface area (Å²) in [6.45, 7) is 0.330. The van der Waals surface area contributed by atoms with Crippen LogP contribution in [0.3, 0.4) is 0 Å². The highest BCUT2D eigenvalue weighted by Gasteiger charge is 2.35. The summed E-state index contributed by atoms with van der Waals surface area (Å²) in [4.78, 5) is 5.14. The Hall–Kier alpha value is -1.81. The number of hydrogen-bond acceptors (Lipinski definition) is 4. The summed E-state index contributed by atoms with van der Waals surface area (Å²) in [6.07, 6.45) is -3.11. The van der Waals surface area contributed by atoms with Gasteiger partial charge < -0.3 is 10.0 Å². The Kier molecular flexibility index (Phi) is 3.62. The van der Waals surface area contributed by atoms with E-state index in [1.54, 1.807) is 4.90 Å². The molecule has 1 aromatic heterocycles. The van der Waals surface area contributed by atoms with Gasteiger partial charge in [0.1, 0.15) is 17.6 Å². The maximum absolute atomic E-state index is 12.7. The van der Waals surface area contributed by atoms with E-state index in [2.05, 4.69) is 4.98 Å². The zero-order valence-corrected chi connectivity index (χ0v) is 9.98. The predicted octanol–water partition coefficient (Wildman–Crippen LogP) is 1.93. The Morgan fingerprint density at radius 1 is 1.47 bits per heavy atom. The Bertz CT molecular complexity index is 510. The highest BCUT2D eigenvalue weighted by atomic mass is 19.4. The molecule has 2 rings (SSSR count). The van der Waals surface area contributed by atoms with Crippen LogP contribution in [0.5, 0.6) is 0 Å². The first-order chi connectivity index (χ1) is 8.97. The van der Waals surface area contributed by atoms with Gasteiger partial charge in [-0.1, -0.05) is 0 Å². The molecule has 0 unspecified atom stereocenters. The number of rotatable bonds is 2. The third kappa shape index (κ3) is 2.63. The lowest BCUT2D eigenvalue weighted by Crippen LogP contribution is -2.33. The first-order valence-corrected chi connectivity index (χ1v) is 5.83. The lowest BCUT2D eigenvalue weighted by Gasteiger charge is -2.25. The van der Waals surface area contributed by atoms with Crippen molar-refractivity contribution in [2.75, 3.05) is 18.1 Å². The van der Waals surface area contributed by atoms with Crippen molar-refractivity contribution in [2.24, 2.45) is 0 Å². The second-order valence-corrected chi connectivity index (χ2v) is 4.35. The molecule has 1 saturated heterocycles. The molecule has 1 aliphatic rings. The Morgan fingerprint density at radius 3 is 2.79 bits per heavy atom. The van der Waals surface area contributed by atoms with Crippen molar-refractivity contribution < 1.29 is 18.3 Å². The Balaban J connectivity index is 2.45. The lowest BCUT2D eigenvalue weighted by molar-refractivity contribution is -0.141. The zero-order valence-electron chi connectivity index (χ0n) is 9.98. The van der Waals surface area contributed by atoms with Crippen molar-refractivity contribution in [3.8, 4) is 6.07 Å². The average Bonchev–Trinajstić information content (AvgIpc) is 2.85. The van der Waals surface area contributed by atoms with Crippen LogP contribution in [0.4, 0.5) is 19.0 Å². The summed E-state index contributed by atoms with van der Waals surface area (Å²) in [7, 11) is 0. The van der Waals surface area contributed by atoms with Crippen LogP contribution in [-0.2, 0) is 6.18 Å². The van der Waals surface area contributed by atoms with Crippen molar-refractivity contribution >= 4 is 5.82 Å². The second kappa shape index (κ2) is 5.05. The van der Waals surface area contributed by atoms with E-state index in [-0.39, 0.29) is 24.0 Å². The molecule has 102 valence electrons. The van der Waals surface area contributed by atoms with E-state index in [4.69, 9.17) is 5.26 Å². The number of nitriles is 1. The number of halogens is 3.